The minimum Gasteiger partial charge on any atom is -0.310 e. The molecule has 0 radical (unpaired) electrons. The monoisotopic (exact) mass is 583 g/mol. The molecule has 0 saturated heterocycles. The van der Waals surface area contributed by atoms with E-state index in [0.29, 0.717) is 0 Å². The van der Waals surface area contributed by atoms with Crippen LogP contribution >= 0.6 is 22.7 Å². The fourth-order valence-corrected chi connectivity index (χ4v) is 8.72. The maximum atomic E-state index is 2.40. The van der Waals surface area contributed by atoms with Crippen LogP contribution in [0.15, 0.2) is 152 Å². The summed E-state index contributed by atoms with van der Waals surface area (Å²) in [6, 6.07) is 55.4. The molecular weight excluding hydrogens is 559 g/mol. The largest absolute Gasteiger partial charge is 0.310 e. The molecule has 0 unspecified atom stereocenters. The Kier molecular flexibility index (Phi) is 5.62. The summed E-state index contributed by atoms with van der Waals surface area (Å²) >= 11 is 3.74. The molecule has 0 aliphatic heterocycles. The summed E-state index contributed by atoms with van der Waals surface area (Å²) in [5.74, 6) is 0. The molecule has 0 aliphatic carbocycles. The van der Waals surface area contributed by atoms with Crippen molar-refractivity contribution in [2.45, 2.75) is 0 Å². The van der Waals surface area contributed by atoms with Gasteiger partial charge in [-0.2, -0.15) is 0 Å². The zero-order valence-corrected chi connectivity index (χ0v) is 24.8. The van der Waals surface area contributed by atoms with Crippen LogP contribution in [0.5, 0.6) is 0 Å². The average molecular weight is 584 g/mol. The van der Waals surface area contributed by atoms with Gasteiger partial charge in [0.25, 0.3) is 0 Å². The summed E-state index contributed by atoms with van der Waals surface area (Å²) in [6.07, 6.45) is 0. The third-order valence-corrected chi connectivity index (χ3v) is 10.7. The van der Waals surface area contributed by atoms with Gasteiger partial charge < -0.3 is 4.90 Å². The molecule has 9 aromatic rings. The van der Waals surface area contributed by atoms with Crippen LogP contribution in [-0.4, -0.2) is 0 Å². The Morgan fingerprint density at radius 2 is 0.953 bits per heavy atom. The van der Waals surface area contributed by atoms with Gasteiger partial charge in [0.1, 0.15) is 0 Å². The molecule has 0 fully saturated rings. The van der Waals surface area contributed by atoms with Crippen molar-refractivity contribution in [3.05, 3.63) is 152 Å². The van der Waals surface area contributed by atoms with Gasteiger partial charge >= 0.3 is 0 Å². The van der Waals surface area contributed by atoms with Crippen LogP contribution in [0.4, 0.5) is 17.1 Å². The van der Waals surface area contributed by atoms with E-state index in [2.05, 4.69) is 157 Å². The molecule has 0 atom stereocenters. The molecule has 2 heterocycles. The summed E-state index contributed by atoms with van der Waals surface area (Å²) in [6.45, 7) is 0. The number of rotatable bonds is 4. The molecule has 0 aliphatic rings. The number of hydrogen-bond donors (Lipinski definition) is 0. The Bertz CT molecular complexity index is 2450. The molecule has 3 heteroatoms. The van der Waals surface area contributed by atoms with Crippen molar-refractivity contribution in [2.75, 3.05) is 4.90 Å². The number of anilines is 3. The fourth-order valence-electron chi connectivity index (χ4n) is 6.47. The number of nitrogens with zero attached hydrogens (tertiary/aromatic N) is 1. The first-order chi connectivity index (χ1) is 21.3. The lowest BCUT2D eigenvalue weighted by Gasteiger charge is -2.26. The minimum absolute atomic E-state index is 1.14. The normalized spacial score (nSPS) is 11.7. The highest BCUT2D eigenvalue weighted by atomic mass is 32.1. The second-order valence-electron chi connectivity index (χ2n) is 10.9. The molecule has 1 nitrogen and oxygen atoms in total. The number of hydrogen-bond acceptors (Lipinski definition) is 3. The van der Waals surface area contributed by atoms with Gasteiger partial charge in [0.15, 0.2) is 0 Å². The molecule has 0 spiro atoms. The Hall–Kier alpha value is -4.96. The summed E-state index contributed by atoms with van der Waals surface area (Å²) in [7, 11) is 0. The van der Waals surface area contributed by atoms with E-state index in [4.69, 9.17) is 0 Å². The number of benzene rings is 7. The van der Waals surface area contributed by atoms with E-state index in [1.54, 1.807) is 0 Å². The predicted molar refractivity (Wildman–Crippen MR) is 190 cm³/mol. The van der Waals surface area contributed by atoms with E-state index in [1.807, 2.05) is 22.7 Å². The lowest BCUT2D eigenvalue weighted by atomic mass is 9.98. The summed E-state index contributed by atoms with van der Waals surface area (Å²) < 4.78 is 5.31. The zero-order chi connectivity index (χ0) is 28.3. The van der Waals surface area contributed by atoms with E-state index >= 15 is 0 Å². The molecule has 0 amide bonds. The summed E-state index contributed by atoms with van der Waals surface area (Å²) in [5, 5.41) is 7.91. The number of para-hydroxylation sites is 1. The van der Waals surface area contributed by atoms with Crippen LogP contribution in [-0.2, 0) is 0 Å². The van der Waals surface area contributed by atoms with Crippen LogP contribution in [0.1, 0.15) is 0 Å². The van der Waals surface area contributed by atoms with Crippen molar-refractivity contribution >= 4 is 90.9 Å². The van der Waals surface area contributed by atoms with Gasteiger partial charge in [-0.25, -0.2) is 0 Å². The second kappa shape index (κ2) is 9.81. The van der Waals surface area contributed by atoms with E-state index in [1.165, 1.54) is 67.9 Å². The smallest absolute Gasteiger partial charge is 0.0554 e. The minimum atomic E-state index is 1.14. The van der Waals surface area contributed by atoms with E-state index in [-0.39, 0.29) is 0 Å². The molecule has 7 aromatic carbocycles. The standard InChI is InChI=1S/C40H25NS2/c1-2-9-29(10-3-1)41(34-13-8-16-37-40(34)32-12-5-7-15-36(32)42-37)30-22-19-26(20-23-30)28-18-17-27-21-24-38-39(33(27)25-28)31-11-4-6-14-35(31)43-38/h1-25H. The Balaban J connectivity index is 1.19. The average Bonchev–Trinajstić information content (AvgIpc) is 3.65. The van der Waals surface area contributed by atoms with Crippen LogP contribution < -0.4 is 4.90 Å². The predicted octanol–water partition coefficient (Wildman–Crippen LogP) is 12.7. The molecule has 0 bridgehead atoms. The van der Waals surface area contributed by atoms with Gasteiger partial charge in [-0.15, -0.1) is 22.7 Å². The maximum absolute atomic E-state index is 2.40. The highest BCUT2D eigenvalue weighted by molar-refractivity contribution is 7.26. The third kappa shape index (κ3) is 3.97. The second-order valence-corrected chi connectivity index (χ2v) is 13.1. The van der Waals surface area contributed by atoms with E-state index in [9.17, 15) is 0 Å². The van der Waals surface area contributed by atoms with Crippen molar-refractivity contribution in [1.29, 1.82) is 0 Å². The topological polar surface area (TPSA) is 3.24 Å². The van der Waals surface area contributed by atoms with E-state index in [0.717, 1.165) is 11.4 Å². The van der Waals surface area contributed by atoms with Crippen LogP contribution in [0.2, 0.25) is 0 Å². The molecule has 9 rings (SSSR count). The maximum Gasteiger partial charge on any atom is 0.0554 e. The number of thiophene rings is 2. The zero-order valence-electron chi connectivity index (χ0n) is 23.2. The highest BCUT2D eigenvalue weighted by Crippen LogP contribution is 2.45. The summed E-state index contributed by atoms with van der Waals surface area (Å²) in [4.78, 5) is 2.40. The van der Waals surface area contributed by atoms with Crippen molar-refractivity contribution in [2.24, 2.45) is 0 Å². The quantitative estimate of drug-likeness (QED) is 0.199. The van der Waals surface area contributed by atoms with Gasteiger partial charge in [0.2, 0.25) is 0 Å². The van der Waals surface area contributed by atoms with Gasteiger partial charge in [-0.3, -0.25) is 0 Å². The van der Waals surface area contributed by atoms with Crippen molar-refractivity contribution in [3.63, 3.8) is 0 Å². The summed E-state index contributed by atoms with van der Waals surface area (Å²) in [5.41, 5.74) is 5.94. The first kappa shape index (κ1) is 24.6. The van der Waals surface area contributed by atoms with Gasteiger partial charge in [0.05, 0.1) is 5.69 Å². The number of fused-ring (bicyclic) bond motifs is 8. The Labute approximate surface area is 257 Å². The lowest BCUT2D eigenvalue weighted by Crippen LogP contribution is -2.10. The Morgan fingerprint density at radius 1 is 0.372 bits per heavy atom. The first-order valence-electron chi connectivity index (χ1n) is 14.5. The SMILES string of the molecule is c1ccc(N(c2ccc(-c3ccc4ccc5sc6ccccc6c5c4c3)cc2)c2cccc3sc4ccccc4c23)cc1. The van der Waals surface area contributed by atoms with Crippen molar-refractivity contribution in [1.82, 2.24) is 0 Å². The van der Waals surface area contributed by atoms with Crippen LogP contribution in [0, 0.1) is 0 Å². The molecular formula is C40H25NS2. The molecule has 2 aromatic heterocycles. The Morgan fingerprint density at radius 3 is 1.72 bits per heavy atom. The van der Waals surface area contributed by atoms with Crippen LogP contribution in [0.3, 0.4) is 0 Å². The van der Waals surface area contributed by atoms with Gasteiger partial charge in [0, 0.05) is 51.7 Å². The van der Waals surface area contributed by atoms with Crippen molar-refractivity contribution < 1.29 is 0 Å². The lowest BCUT2D eigenvalue weighted by molar-refractivity contribution is 1.30. The van der Waals surface area contributed by atoms with Crippen LogP contribution in [0.25, 0.3) is 62.2 Å². The molecule has 202 valence electrons. The molecule has 0 saturated carbocycles. The van der Waals surface area contributed by atoms with Gasteiger partial charge in [-0.05, 0) is 82.6 Å². The molecule has 43 heavy (non-hydrogen) atoms. The molecule has 0 N–H and O–H groups in total. The van der Waals surface area contributed by atoms with Gasteiger partial charge in [-0.1, -0.05) is 91.0 Å². The first-order valence-corrected chi connectivity index (χ1v) is 16.1. The van der Waals surface area contributed by atoms with E-state index < -0.39 is 0 Å². The highest BCUT2D eigenvalue weighted by Gasteiger charge is 2.18. The fraction of sp³-hybridized carbons (Fsp3) is 0. The third-order valence-electron chi connectivity index (χ3n) is 8.45. The van der Waals surface area contributed by atoms with Crippen molar-refractivity contribution in [3.8, 4) is 11.1 Å².